The van der Waals surface area contributed by atoms with Crippen molar-refractivity contribution >= 4 is 39.6 Å². The van der Waals surface area contributed by atoms with Crippen molar-refractivity contribution in [3.8, 4) is 17.2 Å². The van der Waals surface area contributed by atoms with Gasteiger partial charge in [0, 0.05) is 18.5 Å². The lowest BCUT2D eigenvalue weighted by Gasteiger charge is -2.21. The van der Waals surface area contributed by atoms with Gasteiger partial charge in [-0.2, -0.15) is 0 Å². The Morgan fingerprint density at radius 1 is 0.800 bits per heavy atom. The number of hydrogen-bond acceptors (Lipinski definition) is 8. The van der Waals surface area contributed by atoms with Crippen LogP contribution in [0, 0.1) is 5.92 Å². The molecule has 1 atom stereocenters. The maximum absolute atomic E-state index is 13.1. The van der Waals surface area contributed by atoms with Gasteiger partial charge in [0.15, 0.2) is 11.5 Å². The molecule has 0 bridgehead atoms. The fourth-order valence-electron chi connectivity index (χ4n) is 5.44. The second-order valence-electron chi connectivity index (χ2n) is 11.2. The summed E-state index contributed by atoms with van der Waals surface area (Å²) in [5.74, 6) is 0.997. The third kappa shape index (κ3) is 8.99. The molecular formula is C37H43NO7. The Morgan fingerprint density at radius 2 is 1.42 bits per heavy atom. The zero-order chi connectivity index (χ0) is 32.2. The zero-order valence-electron chi connectivity index (χ0n) is 26.8. The summed E-state index contributed by atoms with van der Waals surface area (Å²) in [6, 6.07) is 21.5. The van der Waals surface area contributed by atoms with Crippen molar-refractivity contribution in [3.63, 3.8) is 0 Å². The highest BCUT2D eigenvalue weighted by Gasteiger charge is 2.16. The van der Waals surface area contributed by atoms with Crippen molar-refractivity contribution in [2.75, 3.05) is 54.7 Å². The molecule has 0 aliphatic rings. The van der Waals surface area contributed by atoms with Gasteiger partial charge in [0.25, 0.3) is 0 Å². The molecule has 0 spiro atoms. The number of fused-ring (bicyclic) bond motifs is 2. The minimum atomic E-state index is -0.413. The maximum atomic E-state index is 13.1. The van der Waals surface area contributed by atoms with Crippen LogP contribution in [-0.4, -0.2) is 71.5 Å². The molecule has 0 unspecified atom stereocenters. The minimum Gasteiger partial charge on any atom is -0.493 e. The van der Waals surface area contributed by atoms with Crippen LogP contribution in [0.4, 0.5) is 0 Å². The second-order valence-corrected chi connectivity index (χ2v) is 11.2. The molecule has 4 aromatic carbocycles. The summed E-state index contributed by atoms with van der Waals surface area (Å²) in [5, 5.41) is 3.89. The van der Waals surface area contributed by atoms with E-state index in [2.05, 4.69) is 24.9 Å². The second kappa shape index (κ2) is 16.5. The summed E-state index contributed by atoms with van der Waals surface area (Å²) in [4.78, 5) is 27.7. The smallest absolute Gasteiger partial charge is 0.339 e. The molecule has 0 fully saturated rings. The average Bonchev–Trinajstić information content (AvgIpc) is 3.05. The molecule has 0 N–H and O–H groups in total. The summed E-state index contributed by atoms with van der Waals surface area (Å²) in [7, 11) is 6.70. The predicted octanol–water partition coefficient (Wildman–Crippen LogP) is 7.17. The van der Waals surface area contributed by atoms with Crippen LogP contribution in [0.5, 0.6) is 17.2 Å². The van der Waals surface area contributed by atoms with Gasteiger partial charge in [-0.1, -0.05) is 55.5 Å². The number of benzene rings is 4. The van der Waals surface area contributed by atoms with Crippen molar-refractivity contribution in [2.45, 2.75) is 26.2 Å². The molecule has 4 aromatic rings. The lowest BCUT2D eigenvalue weighted by atomic mass is 9.97. The van der Waals surface area contributed by atoms with E-state index in [0.717, 1.165) is 59.5 Å². The predicted molar refractivity (Wildman–Crippen MR) is 178 cm³/mol. The molecule has 0 aliphatic carbocycles. The van der Waals surface area contributed by atoms with Gasteiger partial charge in [0.2, 0.25) is 5.75 Å². The van der Waals surface area contributed by atoms with E-state index in [-0.39, 0.29) is 11.9 Å². The monoisotopic (exact) mass is 613 g/mol. The van der Waals surface area contributed by atoms with Crippen molar-refractivity contribution < 1.29 is 33.3 Å². The third-order valence-corrected chi connectivity index (χ3v) is 7.63. The molecule has 0 radical (unpaired) electrons. The van der Waals surface area contributed by atoms with E-state index in [0.29, 0.717) is 36.0 Å². The summed E-state index contributed by atoms with van der Waals surface area (Å²) < 4.78 is 27.3. The van der Waals surface area contributed by atoms with Crippen LogP contribution < -0.4 is 14.2 Å². The SMILES string of the molecule is COc1cc(/C=C/C(=O)OC[C@H](C)CN(C)CCCCCOC(=O)c2c3ccccc3cc3ccccc23)cc(OC)c1OC. The van der Waals surface area contributed by atoms with Gasteiger partial charge < -0.3 is 28.6 Å². The molecule has 0 aliphatic heterocycles. The topological polar surface area (TPSA) is 83.5 Å². The van der Waals surface area contributed by atoms with Crippen LogP contribution in [0.25, 0.3) is 27.6 Å². The first kappa shape index (κ1) is 33.3. The lowest BCUT2D eigenvalue weighted by molar-refractivity contribution is -0.139. The fourth-order valence-corrected chi connectivity index (χ4v) is 5.44. The first-order valence-corrected chi connectivity index (χ1v) is 15.3. The normalized spacial score (nSPS) is 12.0. The van der Waals surface area contributed by atoms with Gasteiger partial charge in [-0.05, 0) is 84.2 Å². The van der Waals surface area contributed by atoms with Crippen molar-refractivity contribution in [3.05, 3.63) is 83.9 Å². The van der Waals surface area contributed by atoms with E-state index in [1.807, 2.05) is 48.5 Å². The lowest BCUT2D eigenvalue weighted by Crippen LogP contribution is -2.28. The zero-order valence-corrected chi connectivity index (χ0v) is 26.8. The first-order chi connectivity index (χ1) is 21.8. The number of hydrogen-bond donors (Lipinski definition) is 0. The number of ether oxygens (including phenoxy) is 5. The number of carbonyl (C=O) groups is 2. The van der Waals surface area contributed by atoms with E-state index >= 15 is 0 Å². The Hall–Kier alpha value is -4.56. The molecule has 238 valence electrons. The van der Waals surface area contributed by atoms with Crippen LogP contribution in [0.2, 0.25) is 0 Å². The molecule has 8 heteroatoms. The molecule has 45 heavy (non-hydrogen) atoms. The highest BCUT2D eigenvalue weighted by atomic mass is 16.5. The standard InChI is InChI=1S/C37H43NO7/c1-26(25-45-34(39)18-17-27-21-32(41-3)36(43-5)33(22-27)42-4)24-38(2)19-11-6-12-20-44-37(40)35-30-15-9-7-13-28(30)23-29-14-8-10-16-31(29)35/h7-10,13-18,21-23,26H,6,11-12,19-20,24-25H2,1-5H3/b18-17+/t26-/m1/s1. The van der Waals surface area contributed by atoms with Gasteiger partial charge in [-0.25, -0.2) is 9.59 Å². The highest BCUT2D eigenvalue weighted by molar-refractivity contribution is 6.16. The molecule has 4 rings (SSSR count). The Balaban J connectivity index is 1.15. The minimum absolute atomic E-state index is 0.171. The van der Waals surface area contributed by atoms with Gasteiger partial charge in [0.05, 0.1) is 40.1 Å². The third-order valence-electron chi connectivity index (χ3n) is 7.63. The van der Waals surface area contributed by atoms with Crippen molar-refractivity contribution in [1.29, 1.82) is 0 Å². The van der Waals surface area contributed by atoms with Crippen LogP contribution in [0.15, 0.2) is 72.8 Å². The van der Waals surface area contributed by atoms with E-state index < -0.39 is 5.97 Å². The van der Waals surface area contributed by atoms with Gasteiger partial charge in [-0.3, -0.25) is 0 Å². The molecule has 0 saturated heterocycles. The van der Waals surface area contributed by atoms with Crippen LogP contribution in [0.3, 0.4) is 0 Å². The van der Waals surface area contributed by atoms with E-state index in [1.54, 1.807) is 39.5 Å². The Bertz CT molecular complexity index is 1550. The molecule has 8 nitrogen and oxygen atoms in total. The van der Waals surface area contributed by atoms with E-state index in [9.17, 15) is 9.59 Å². The number of carbonyl (C=O) groups excluding carboxylic acids is 2. The average molecular weight is 614 g/mol. The largest absolute Gasteiger partial charge is 0.493 e. The molecule has 0 saturated carbocycles. The quantitative estimate of drug-likeness (QED) is 0.0569. The highest BCUT2D eigenvalue weighted by Crippen LogP contribution is 2.38. The van der Waals surface area contributed by atoms with E-state index in [4.69, 9.17) is 23.7 Å². The molecular weight excluding hydrogens is 570 g/mol. The van der Waals surface area contributed by atoms with Crippen molar-refractivity contribution in [1.82, 2.24) is 4.90 Å². The van der Waals surface area contributed by atoms with Crippen LogP contribution in [-0.2, 0) is 14.3 Å². The Labute approximate surface area is 265 Å². The Kier molecular flexibility index (Phi) is 12.2. The molecule has 0 aromatic heterocycles. The maximum Gasteiger partial charge on any atom is 0.339 e. The fraction of sp³-hybridized carbons (Fsp3) is 0.351. The molecule has 0 amide bonds. The first-order valence-electron chi connectivity index (χ1n) is 15.3. The van der Waals surface area contributed by atoms with E-state index in [1.165, 1.54) is 6.08 Å². The van der Waals surface area contributed by atoms with Crippen molar-refractivity contribution in [2.24, 2.45) is 5.92 Å². The summed E-state index contributed by atoms with van der Waals surface area (Å²) in [5.41, 5.74) is 1.36. The number of methoxy groups -OCH3 is 3. The number of unbranched alkanes of at least 4 members (excludes halogenated alkanes) is 2. The molecule has 0 heterocycles. The van der Waals surface area contributed by atoms with Crippen LogP contribution in [0.1, 0.15) is 42.1 Å². The summed E-state index contributed by atoms with van der Waals surface area (Å²) >= 11 is 0. The number of rotatable bonds is 16. The van der Waals surface area contributed by atoms with Gasteiger partial charge in [0.1, 0.15) is 0 Å². The summed E-state index contributed by atoms with van der Waals surface area (Å²) in [6.45, 7) is 4.47. The van der Waals surface area contributed by atoms with Crippen LogP contribution >= 0.6 is 0 Å². The Morgan fingerprint density at radius 3 is 2.02 bits per heavy atom. The number of esters is 2. The van der Waals surface area contributed by atoms with Gasteiger partial charge >= 0.3 is 11.9 Å². The van der Waals surface area contributed by atoms with Gasteiger partial charge in [-0.15, -0.1) is 0 Å². The number of nitrogens with zero attached hydrogens (tertiary/aromatic N) is 1. The summed E-state index contributed by atoms with van der Waals surface area (Å²) in [6.07, 6.45) is 5.78.